The van der Waals surface area contributed by atoms with Gasteiger partial charge in [-0.05, 0) is 49.4 Å². The van der Waals surface area contributed by atoms with Crippen LogP contribution in [0.2, 0.25) is 0 Å². The lowest BCUT2D eigenvalue weighted by atomic mass is 9.51. The Bertz CT molecular complexity index is 312. The summed E-state index contributed by atoms with van der Waals surface area (Å²) in [5.41, 5.74) is 0.839. The molecule has 0 bridgehead atoms. The summed E-state index contributed by atoms with van der Waals surface area (Å²) in [6.45, 7) is 0. The van der Waals surface area contributed by atoms with E-state index in [1.165, 1.54) is 25.7 Å². The fraction of sp³-hybridized carbons (Fsp3) is 0.667. The Morgan fingerprint density at radius 3 is 1.50 bits per heavy atom. The minimum Gasteiger partial charge on any atom is -0.300 e. The third-order valence-corrected chi connectivity index (χ3v) is 5.26. The van der Waals surface area contributed by atoms with E-state index in [-0.39, 0.29) is 0 Å². The zero-order valence-corrected chi connectivity index (χ0v) is 9.87. The van der Waals surface area contributed by atoms with Crippen LogP contribution in [-0.2, 0) is 4.79 Å². The van der Waals surface area contributed by atoms with Crippen molar-refractivity contribution in [2.45, 2.75) is 51.4 Å². The molecule has 0 spiro atoms. The summed E-state index contributed by atoms with van der Waals surface area (Å²) >= 11 is 0. The minimum atomic E-state index is 0.419. The first-order valence-corrected chi connectivity index (χ1v) is 6.58. The molecule has 1 fully saturated rings. The standard InChI is InChI=1S/C15H20O/c16-13-5-11-14-7-1-2-8-15(14,12-6-13)10-4-3-9-14/h1-4H,5-12H2. The number of allylic oxidation sites excluding steroid dienone is 4. The predicted octanol–water partition coefficient (Wildman–Crippen LogP) is 3.80. The van der Waals surface area contributed by atoms with Gasteiger partial charge in [-0.1, -0.05) is 24.3 Å². The Kier molecular flexibility index (Phi) is 2.31. The zero-order chi connectivity index (χ0) is 11.1. The lowest BCUT2D eigenvalue weighted by Gasteiger charge is -2.53. The van der Waals surface area contributed by atoms with Crippen molar-refractivity contribution < 1.29 is 4.79 Å². The fourth-order valence-corrected chi connectivity index (χ4v) is 4.09. The summed E-state index contributed by atoms with van der Waals surface area (Å²) in [7, 11) is 0. The highest BCUT2D eigenvalue weighted by Crippen LogP contribution is 2.61. The molecule has 0 aromatic rings. The molecule has 3 aliphatic carbocycles. The number of hydrogen-bond acceptors (Lipinski definition) is 1. The molecule has 0 heterocycles. The van der Waals surface area contributed by atoms with Gasteiger partial charge in [0.15, 0.2) is 0 Å². The van der Waals surface area contributed by atoms with Gasteiger partial charge in [-0.15, -0.1) is 0 Å². The van der Waals surface area contributed by atoms with E-state index in [1.54, 1.807) is 0 Å². The van der Waals surface area contributed by atoms with Crippen molar-refractivity contribution in [3.8, 4) is 0 Å². The Hall–Kier alpha value is -0.850. The van der Waals surface area contributed by atoms with Crippen molar-refractivity contribution >= 4 is 5.78 Å². The van der Waals surface area contributed by atoms with Gasteiger partial charge in [0.05, 0.1) is 0 Å². The lowest BCUT2D eigenvalue weighted by Crippen LogP contribution is -2.43. The Labute approximate surface area is 97.6 Å². The molecule has 0 N–H and O–H groups in total. The highest BCUT2D eigenvalue weighted by Gasteiger charge is 2.51. The fourth-order valence-electron chi connectivity index (χ4n) is 4.09. The van der Waals surface area contributed by atoms with Crippen molar-refractivity contribution in [1.29, 1.82) is 0 Å². The molecule has 0 aromatic heterocycles. The van der Waals surface area contributed by atoms with Crippen molar-refractivity contribution in [1.82, 2.24) is 0 Å². The number of rotatable bonds is 0. The van der Waals surface area contributed by atoms with Crippen LogP contribution >= 0.6 is 0 Å². The number of ketones is 1. The second kappa shape index (κ2) is 3.58. The number of hydrogen-bond donors (Lipinski definition) is 0. The van der Waals surface area contributed by atoms with Crippen LogP contribution in [0.5, 0.6) is 0 Å². The maximum absolute atomic E-state index is 11.7. The van der Waals surface area contributed by atoms with E-state index in [9.17, 15) is 4.79 Å². The lowest BCUT2D eigenvalue weighted by molar-refractivity contribution is -0.119. The average molecular weight is 216 g/mol. The zero-order valence-electron chi connectivity index (χ0n) is 9.87. The minimum absolute atomic E-state index is 0.419. The predicted molar refractivity (Wildman–Crippen MR) is 65.1 cm³/mol. The third kappa shape index (κ3) is 1.33. The molecule has 0 amide bonds. The van der Waals surface area contributed by atoms with Gasteiger partial charge in [-0.25, -0.2) is 0 Å². The van der Waals surface area contributed by atoms with Crippen LogP contribution in [0.1, 0.15) is 51.4 Å². The SMILES string of the molecule is O=C1CCC23CC=CCC2(CC=CC3)CC1. The molecule has 0 aromatic carbocycles. The van der Waals surface area contributed by atoms with E-state index in [2.05, 4.69) is 24.3 Å². The Morgan fingerprint density at radius 2 is 1.12 bits per heavy atom. The molecule has 0 aliphatic heterocycles. The van der Waals surface area contributed by atoms with Gasteiger partial charge in [0.1, 0.15) is 5.78 Å². The molecule has 0 atom stereocenters. The maximum atomic E-state index is 11.7. The summed E-state index contributed by atoms with van der Waals surface area (Å²) in [6.07, 6.45) is 18.1. The molecule has 1 saturated carbocycles. The van der Waals surface area contributed by atoms with E-state index in [0.29, 0.717) is 16.6 Å². The van der Waals surface area contributed by atoms with Crippen LogP contribution in [0, 0.1) is 10.8 Å². The summed E-state index contributed by atoms with van der Waals surface area (Å²) in [4.78, 5) is 11.7. The second-order valence-electron chi connectivity index (χ2n) is 5.86. The van der Waals surface area contributed by atoms with Crippen LogP contribution < -0.4 is 0 Å². The molecular formula is C15H20O. The van der Waals surface area contributed by atoms with Crippen LogP contribution in [0.4, 0.5) is 0 Å². The quantitative estimate of drug-likeness (QED) is 0.563. The topological polar surface area (TPSA) is 17.1 Å². The largest absolute Gasteiger partial charge is 0.300 e. The average Bonchev–Trinajstić information content (AvgIpc) is 2.48. The van der Waals surface area contributed by atoms with Gasteiger partial charge in [0.2, 0.25) is 0 Å². The van der Waals surface area contributed by atoms with Crippen molar-refractivity contribution in [3.05, 3.63) is 24.3 Å². The number of carbonyl (C=O) groups is 1. The van der Waals surface area contributed by atoms with Gasteiger partial charge in [0.25, 0.3) is 0 Å². The van der Waals surface area contributed by atoms with Gasteiger partial charge >= 0.3 is 0 Å². The Morgan fingerprint density at radius 1 is 0.750 bits per heavy atom. The smallest absolute Gasteiger partial charge is 0.132 e. The van der Waals surface area contributed by atoms with Crippen molar-refractivity contribution in [2.75, 3.05) is 0 Å². The normalized spacial score (nSPS) is 42.4. The van der Waals surface area contributed by atoms with Crippen molar-refractivity contribution in [3.63, 3.8) is 0 Å². The van der Waals surface area contributed by atoms with E-state index in [4.69, 9.17) is 0 Å². The molecule has 3 aliphatic rings. The Balaban J connectivity index is 2.03. The van der Waals surface area contributed by atoms with Gasteiger partial charge in [0, 0.05) is 12.8 Å². The molecule has 3 rings (SSSR count). The highest BCUT2D eigenvalue weighted by molar-refractivity contribution is 5.78. The molecular weight excluding hydrogens is 196 g/mol. The van der Waals surface area contributed by atoms with Crippen molar-refractivity contribution in [2.24, 2.45) is 10.8 Å². The first-order chi connectivity index (χ1) is 7.77. The molecule has 0 saturated heterocycles. The second-order valence-corrected chi connectivity index (χ2v) is 5.86. The molecule has 0 radical (unpaired) electrons. The highest BCUT2D eigenvalue weighted by atomic mass is 16.1. The van der Waals surface area contributed by atoms with Crippen LogP contribution in [0.15, 0.2) is 24.3 Å². The molecule has 1 nitrogen and oxygen atoms in total. The summed E-state index contributed by atoms with van der Waals surface area (Å²) in [5, 5.41) is 0. The monoisotopic (exact) mass is 216 g/mol. The molecule has 0 unspecified atom stereocenters. The number of Topliss-reactive ketones (excluding diaryl/α,β-unsaturated/α-hetero) is 1. The summed E-state index contributed by atoms with van der Waals surface area (Å²) < 4.78 is 0. The third-order valence-electron chi connectivity index (χ3n) is 5.26. The summed E-state index contributed by atoms with van der Waals surface area (Å²) in [5.74, 6) is 0.495. The number of carbonyl (C=O) groups excluding carboxylic acids is 1. The first-order valence-electron chi connectivity index (χ1n) is 6.58. The first kappa shape index (κ1) is 10.3. The van der Waals surface area contributed by atoms with E-state index < -0.39 is 0 Å². The molecule has 86 valence electrons. The van der Waals surface area contributed by atoms with E-state index >= 15 is 0 Å². The molecule has 16 heavy (non-hydrogen) atoms. The van der Waals surface area contributed by atoms with E-state index in [1.807, 2.05) is 0 Å². The van der Waals surface area contributed by atoms with Crippen LogP contribution in [0.25, 0.3) is 0 Å². The van der Waals surface area contributed by atoms with Crippen LogP contribution in [-0.4, -0.2) is 5.78 Å². The van der Waals surface area contributed by atoms with Crippen LogP contribution in [0.3, 0.4) is 0 Å². The summed E-state index contributed by atoms with van der Waals surface area (Å²) in [6, 6.07) is 0. The van der Waals surface area contributed by atoms with Gasteiger partial charge in [-0.2, -0.15) is 0 Å². The van der Waals surface area contributed by atoms with E-state index in [0.717, 1.165) is 25.7 Å². The van der Waals surface area contributed by atoms with Gasteiger partial charge in [-0.3, -0.25) is 4.79 Å². The molecule has 1 heteroatoms. The maximum Gasteiger partial charge on any atom is 0.132 e. The van der Waals surface area contributed by atoms with Gasteiger partial charge < -0.3 is 0 Å².